The van der Waals surface area contributed by atoms with Crippen molar-refractivity contribution in [3.05, 3.63) is 29.8 Å². The molecular formula is C14H23N3S. The molecule has 1 rings (SSSR count). The number of likely N-dealkylation sites (N-methyl/N-ethyl adjacent to an activating group) is 1. The Labute approximate surface area is 115 Å². The van der Waals surface area contributed by atoms with Crippen molar-refractivity contribution in [2.24, 2.45) is 11.7 Å². The van der Waals surface area contributed by atoms with Crippen molar-refractivity contribution in [3.8, 4) is 0 Å². The number of para-hydroxylation sites is 1. The fourth-order valence-corrected chi connectivity index (χ4v) is 2.02. The topological polar surface area (TPSA) is 41.3 Å². The highest BCUT2D eigenvalue weighted by Crippen LogP contribution is 2.18. The van der Waals surface area contributed by atoms with Gasteiger partial charge >= 0.3 is 0 Å². The van der Waals surface area contributed by atoms with E-state index in [1.54, 1.807) is 0 Å². The zero-order chi connectivity index (χ0) is 13.7. The normalized spacial score (nSPS) is 12.8. The van der Waals surface area contributed by atoms with Crippen LogP contribution in [-0.2, 0) is 0 Å². The van der Waals surface area contributed by atoms with Crippen molar-refractivity contribution in [1.82, 2.24) is 4.90 Å². The summed E-state index contributed by atoms with van der Waals surface area (Å²) in [6.45, 7) is 5.40. The first-order valence-corrected chi connectivity index (χ1v) is 6.62. The van der Waals surface area contributed by atoms with E-state index in [1.807, 2.05) is 24.3 Å². The van der Waals surface area contributed by atoms with Gasteiger partial charge in [-0.2, -0.15) is 0 Å². The first-order chi connectivity index (χ1) is 8.41. The van der Waals surface area contributed by atoms with Gasteiger partial charge in [0.25, 0.3) is 0 Å². The Bertz CT molecular complexity index is 402. The number of benzene rings is 1. The fraction of sp³-hybridized carbons (Fsp3) is 0.500. The number of hydrogen-bond donors (Lipinski definition) is 2. The van der Waals surface area contributed by atoms with Gasteiger partial charge in [0, 0.05) is 23.8 Å². The van der Waals surface area contributed by atoms with E-state index in [4.69, 9.17) is 18.0 Å². The van der Waals surface area contributed by atoms with E-state index in [-0.39, 0.29) is 0 Å². The Hall–Kier alpha value is -1.13. The smallest absolute Gasteiger partial charge is 0.106 e. The summed E-state index contributed by atoms with van der Waals surface area (Å²) in [5.41, 5.74) is 7.68. The first-order valence-electron chi connectivity index (χ1n) is 6.22. The number of rotatable bonds is 6. The van der Waals surface area contributed by atoms with Gasteiger partial charge in [-0.25, -0.2) is 0 Å². The van der Waals surface area contributed by atoms with Gasteiger partial charge in [0.05, 0.1) is 0 Å². The monoisotopic (exact) mass is 265 g/mol. The highest BCUT2D eigenvalue weighted by molar-refractivity contribution is 7.80. The molecule has 0 heterocycles. The molecule has 0 fully saturated rings. The van der Waals surface area contributed by atoms with Crippen LogP contribution >= 0.6 is 12.2 Å². The van der Waals surface area contributed by atoms with Gasteiger partial charge in [-0.3, -0.25) is 0 Å². The Morgan fingerprint density at radius 1 is 1.33 bits per heavy atom. The third-order valence-electron chi connectivity index (χ3n) is 2.90. The van der Waals surface area contributed by atoms with Gasteiger partial charge in [-0.1, -0.05) is 38.2 Å². The molecule has 3 N–H and O–H groups in total. The molecule has 1 unspecified atom stereocenters. The van der Waals surface area contributed by atoms with Gasteiger partial charge < -0.3 is 16.0 Å². The molecule has 0 spiro atoms. The van der Waals surface area contributed by atoms with Gasteiger partial charge in [-0.05, 0) is 32.1 Å². The highest BCUT2D eigenvalue weighted by atomic mass is 32.1. The molecule has 0 aromatic heterocycles. The Balaban J connectivity index is 2.90. The van der Waals surface area contributed by atoms with E-state index >= 15 is 0 Å². The first kappa shape index (κ1) is 14.9. The SMILES string of the molecule is CC(C)C(CN(C)C)Nc1ccccc1C(N)=S. The molecule has 0 aliphatic carbocycles. The van der Waals surface area contributed by atoms with Crippen LogP contribution in [0.1, 0.15) is 19.4 Å². The van der Waals surface area contributed by atoms with Crippen LogP contribution in [0, 0.1) is 5.92 Å². The Morgan fingerprint density at radius 3 is 2.44 bits per heavy atom. The van der Waals surface area contributed by atoms with E-state index in [0.29, 0.717) is 16.9 Å². The quantitative estimate of drug-likeness (QED) is 0.775. The molecule has 18 heavy (non-hydrogen) atoms. The molecule has 3 nitrogen and oxygen atoms in total. The molecule has 100 valence electrons. The molecule has 0 amide bonds. The summed E-state index contributed by atoms with van der Waals surface area (Å²) in [6, 6.07) is 8.31. The van der Waals surface area contributed by atoms with Gasteiger partial charge in [-0.15, -0.1) is 0 Å². The lowest BCUT2D eigenvalue weighted by Gasteiger charge is -2.27. The standard InChI is InChI=1S/C14H23N3S/c1-10(2)13(9-17(3)4)16-12-8-6-5-7-11(12)14(15)18/h5-8,10,13,16H,9H2,1-4H3,(H2,15,18). The number of anilines is 1. The van der Waals surface area contributed by atoms with Crippen molar-refractivity contribution in [1.29, 1.82) is 0 Å². The molecule has 0 saturated heterocycles. The maximum atomic E-state index is 5.75. The third kappa shape index (κ3) is 4.27. The minimum atomic E-state index is 0.371. The largest absolute Gasteiger partial charge is 0.389 e. The fourth-order valence-electron chi connectivity index (χ4n) is 1.84. The van der Waals surface area contributed by atoms with E-state index in [0.717, 1.165) is 17.8 Å². The summed E-state index contributed by atoms with van der Waals surface area (Å²) < 4.78 is 0. The molecule has 1 aromatic rings. The lowest BCUT2D eigenvalue weighted by Crippen LogP contribution is -2.37. The summed E-state index contributed by atoms with van der Waals surface area (Å²) in [7, 11) is 4.16. The molecule has 0 aliphatic heterocycles. The molecule has 1 atom stereocenters. The summed E-state index contributed by atoms with van der Waals surface area (Å²) in [4.78, 5) is 2.62. The van der Waals surface area contributed by atoms with Crippen LogP contribution in [0.2, 0.25) is 0 Å². The van der Waals surface area contributed by atoms with Crippen LogP contribution in [0.25, 0.3) is 0 Å². The predicted octanol–water partition coefficient (Wildman–Crippen LogP) is 2.32. The van der Waals surface area contributed by atoms with Crippen LogP contribution in [0.4, 0.5) is 5.69 Å². The molecule has 0 aliphatic rings. The van der Waals surface area contributed by atoms with Crippen LogP contribution in [0.5, 0.6) is 0 Å². The van der Waals surface area contributed by atoms with Gasteiger partial charge in [0.2, 0.25) is 0 Å². The molecule has 1 aromatic carbocycles. The molecule has 0 bridgehead atoms. The second-order valence-corrected chi connectivity index (χ2v) is 5.61. The molecule has 0 radical (unpaired) electrons. The molecule has 4 heteroatoms. The summed E-state index contributed by atoms with van der Waals surface area (Å²) in [5.74, 6) is 0.534. The average Bonchev–Trinajstić information content (AvgIpc) is 2.27. The van der Waals surface area contributed by atoms with Crippen molar-refractivity contribution in [2.45, 2.75) is 19.9 Å². The Morgan fingerprint density at radius 2 is 1.94 bits per heavy atom. The second-order valence-electron chi connectivity index (χ2n) is 5.17. The lowest BCUT2D eigenvalue weighted by molar-refractivity contribution is 0.344. The summed E-state index contributed by atoms with van der Waals surface area (Å²) in [6.07, 6.45) is 0. The number of thiocarbonyl (C=S) groups is 1. The highest BCUT2D eigenvalue weighted by Gasteiger charge is 2.15. The van der Waals surface area contributed by atoms with E-state index in [2.05, 4.69) is 38.2 Å². The number of nitrogens with one attached hydrogen (secondary N) is 1. The second kappa shape index (κ2) is 6.71. The van der Waals surface area contributed by atoms with Crippen molar-refractivity contribution in [2.75, 3.05) is 26.0 Å². The van der Waals surface area contributed by atoms with Crippen molar-refractivity contribution < 1.29 is 0 Å². The minimum Gasteiger partial charge on any atom is -0.389 e. The van der Waals surface area contributed by atoms with Crippen LogP contribution in [0.3, 0.4) is 0 Å². The van der Waals surface area contributed by atoms with Crippen molar-refractivity contribution >= 4 is 22.9 Å². The number of nitrogens with two attached hydrogens (primary N) is 1. The predicted molar refractivity (Wildman–Crippen MR) is 83.1 cm³/mol. The summed E-state index contributed by atoms with van der Waals surface area (Å²) >= 11 is 5.08. The maximum absolute atomic E-state index is 5.75. The van der Waals surface area contributed by atoms with E-state index in [1.165, 1.54) is 0 Å². The minimum absolute atomic E-state index is 0.371. The van der Waals surface area contributed by atoms with E-state index in [9.17, 15) is 0 Å². The van der Waals surface area contributed by atoms with Crippen LogP contribution in [-0.4, -0.2) is 36.6 Å². The summed E-state index contributed by atoms with van der Waals surface area (Å²) in [5, 5.41) is 3.55. The van der Waals surface area contributed by atoms with Gasteiger partial charge in [0.1, 0.15) is 4.99 Å². The van der Waals surface area contributed by atoms with E-state index < -0.39 is 0 Å². The average molecular weight is 265 g/mol. The zero-order valence-electron chi connectivity index (χ0n) is 11.6. The zero-order valence-corrected chi connectivity index (χ0v) is 12.4. The molecular weight excluding hydrogens is 242 g/mol. The maximum Gasteiger partial charge on any atom is 0.106 e. The van der Waals surface area contributed by atoms with Crippen LogP contribution < -0.4 is 11.1 Å². The number of hydrogen-bond acceptors (Lipinski definition) is 3. The van der Waals surface area contributed by atoms with Crippen LogP contribution in [0.15, 0.2) is 24.3 Å². The Kier molecular flexibility index (Phi) is 5.56. The molecule has 0 saturated carbocycles. The van der Waals surface area contributed by atoms with Crippen molar-refractivity contribution in [3.63, 3.8) is 0 Å². The lowest BCUT2D eigenvalue weighted by atomic mass is 10.0. The van der Waals surface area contributed by atoms with Gasteiger partial charge in [0.15, 0.2) is 0 Å². The third-order valence-corrected chi connectivity index (χ3v) is 3.12. The number of nitrogens with zero attached hydrogens (tertiary/aromatic N) is 1.